The monoisotopic (exact) mass is 356 g/mol. The molecule has 0 atom stereocenters. The van der Waals surface area contributed by atoms with Crippen LogP contribution in [0.15, 0.2) is 24.3 Å². The van der Waals surface area contributed by atoms with Crippen molar-refractivity contribution >= 4 is 30.0 Å². The molecule has 0 saturated heterocycles. The molecule has 1 aromatic rings. The highest BCUT2D eigenvalue weighted by molar-refractivity contribution is 5.95. The predicted molar refractivity (Wildman–Crippen MR) is 99.8 cm³/mol. The van der Waals surface area contributed by atoms with Crippen molar-refractivity contribution in [2.45, 2.75) is 40.0 Å². The lowest BCUT2D eigenvalue weighted by Crippen LogP contribution is -2.30. The molecule has 0 spiro atoms. The quantitative estimate of drug-likeness (QED) is 0.496. The molecule has 2 N–H and O–H groups in total. The first-order valence-corrected chi connectivity index (χ1v) is 8.30. The Hall–Kier alpha value is -1.59. The van der Waals surface area contributed by atoms with Gasteiger partial charge < -0.3 is 15.4 Å². The van der Waals surface area contributed by atoms with Gasteiger partial charge in [0.05, 0.1) is 18.7 Å². The highest BCUT2D eigenvalue weighted by atomic mass is 35.5. The number of ether oxygens (including phenoxy) is 1. The van der Waals surface area contributed by atoms with E-state index in [-0.39, 0.29) is 30.8 Å². The molecule has 0 heterocycles. The van der Waals surface area contributed by atoms with Crippen LogP contribution in [0, 0.1) is 5.92 Å². The van der Waals surface area contributed by atoms with E-state index in [4.69, 9.17) is 4.74 Å². The zero-order valence-corrected chi connectivity index (χ0v) is 15.6. The third-order valence-electron chi connectivity index (χ3n) is 3.20. The van der Waals surface area contributed by atoms with Gasteiger partial charge in [0.25, 0.3) is 0 Å². The van der Waals surface area contributed by atoms with Crippen molar-refractivity contribution in [1.29, 1.82) is 0 Å². The molecule has 0 aliphatic heterocycles. The number of nitrogens with one attached hydrogen (secondary N) is 2. The predicted octanol–water partition coefficient (Wildman–Crippen LogP) is 3.64. The van der Waals surface area contributed by atoms with Gasteiger partial charge >= 0.3 is 5.97 Å². The molecular weight excluding hydrogens is 328 g/mol. The van der Waals surface area contributed by atoms with E-state index in [0.29, 0.717) is 23.8 Å². The zero-order valence-electron chi connectivity index (χ0n) is 14.8. The molecule has 0 aliphatic carbocycles. The molecule has 0 aromatic heterocycles. The molecule has 24 heavy (non-hydrogen) atoms. The summed E-state index contributed by atoms with van der Waals surface area (Å²) in [5.74, 6) is 0.0165. The maximum absolute atomic E-state index is 11.9. The summed E-state index contributed by atoms with van der Waals surface area (Å²) < 4.78 is 5.22. The summed E-state index contributed by atoms with van der Waals surface area (Å²) in [6.45, 7) is 7.74. The van der Waals surface area contributed by atoms with Crippen LogP contribution in [0.25, 0.3) is 0 Å². The van der Waals surface area contributed by atoms with Crippen LogP contribution in [0.1, 0.15) is 50.4 Å². The van der Waals surface area contributed by atoms with Crippen molar-refractivity contribution in [2.75, 3.05) is 25.0 Å². The first kappa shape index (κ1) is 22.4. The number of hydrogen-bond acceptors (Lipinski definition) is 4. The first-order chi connectivity index (χ1) is 11.0. The molecular formula is C18H29ClN2O3. The fraction of sp³-hybridized carbons (Fsp3) is 0.556. The summed E-state index contributed by atoms with van der Waals surface area (Å²) in [6.07, 6.45) is 3.01. The fourth-order valence-electron chi connectivity index (χ4n) is 2.00. The van der Waals surface area contributed by atoms with E-state index in [1.807, 2.05) is 0 Å². The van der Waals surface area contributed by atoms with Gasteiger partial charge in [-0.05, 0) is 37.1 Å². The Kier molecular flexibility index (Phi) is 11.9. The number of carbonyl (C=O) groups excluding carboxylic acids is 2. The summed E-state index contributed by atoms with van der Waals surface area (Å²) >= 11 is 0. The average molecular weight is 357 g/mol. The van der Waals surface area contributed by atoms with Gasteiger partial charge in [0.15, 0.2) is 0 Å². The van der Waals surface area contributed by atoms with Crippen LogP contribution in [0.3, 0.4) is 0 Å². The Morgan fingerprint density at radius 2 is 1.96 bits per heavy atom. The van der Waals surface area contributed by atoms with Crippen LogP contribution in [-0.2, 0) is 9.53 Å². The number of unbranched alkanes of at least 4 members (excludes halogenated alkanes) is 2. The maximum Gasteiger partial charge on any atom is 0.338 e. The normalized spacial score (nSPS) is 10.2. The minimum atomic E-state index is -0.352. The van der Waals surface area contributed by atoms with E-state index in [1.54, 1.807) is 24.3 Å². The molecule has 0 bridgehead atoms. The summed E-state index contributed by atoms with van der Waals surface area (Å²) in [7, 11) is 0. The number of benzene rings is 1. The molecule has 0 unspecified atom stereocenters. The lowest BCUT2D eigenvalue weighted by atomic mass is 10.2. The van der Waals surface area contributed by atoms with Gasteiger partial charge in [0, 0.05) is 5.69 Å². The molecule has 5 nitrogen and oxygen atoms in total. The Morgan fingerprint density at radius 3 is 2.62 bits per heavy atom. The van der Waals surface area contributed by atoms with E-state index in [2.05, 4.69) is 31.4 Å². The number of anilines is 1. The highest BCUT2D eigenvalue weighted by Crippen LogP contribution is 2.12. The van der Waals surface area contributed by atoms with Crippen molar-refractivity contribution in [1.82, 2.24) is 5.32 Å². The Balaban J connectivity index is 0.00000529. The molecule has 0 aliphatic rings. The van der Waals surface area contributed by atoms with Crippen LogP contribution in [0.5, 0.6) is 0 Å². The minimum absolute atomic E-state index is 0. The second-order valence-electron chi connectivity index (χ2n) is 6.00. The van der Waals surface area contributed by atoms with E-state index < -0.39 is 0 Å². The molecule has 1 aromatic carbocycles. The van der Waals surface area contributed by atoms with Crippen LogP contribution < -0.4 is 10.6 Å². The minimum Gasteiger partial charge on any atom is -0.462 e. The number of esters is 1. The van der Waals surface area contributed by atoms with Crippen molar-refractivity contribution in [3.8, 4) is 0 Å². The van der Waals surface area contributed by atoms with Gasteiger partial charge in [-0.3, -0.25) is 4.79 Å². The largest absolute Gasteiger partial charge is 0.462 e. The number of amides is 1. The third-order valence-corrected chi connectivity index (χ3v) is 3.20. The highest BCUT2D eigenvalue weighted by Gasteiger charge is 2.09. The van der Waals surface area contributed by atoms with Crippen molar-refractivity contribution in [3.63, 3.8) is 0 Å². The van der Waals surface area contributed by atoms with Gasteiger partial charge in [0.1, 0.15) is 0 Å². The summed E-state index contributed by atoms with van der Waals surface area (Å²) in [5.41, 5.74) is 1.05. The van der Waals surface area contributed by atoms with E-state index >= 15 is 0 Å². The van der Waals surface area contributed by atoms with Gasteiger partial charge in [0.2, 0.25) is 5.91 Å². The molecule has 0 radical (unpaired) electrons. The van der Waals surface area contributed by atoms with Crippen molar-refractivity contribution in [2.24, 2.45) is 5.92 Å². The number of halogens is 1. The van der Waals surface area contributed by atoms with Crippen LogP contribution in [0.2, 0.25) is 0 Å². The molecule has 6 heteroatoms. The summed E-state index contributed by atoms with van der Waals surface area (Å²) in [5, 5.41) is 5.86. The van der Waals surface area contributed by atoms with Crippen LogP contribution in [-0.4, -0.2) is 31.6 Å². The Bertz CT molecular complexity index is 507. The molecule has 0 fully saturated rings. The van der Waals surface area contributed by atoms with Gasteiger partial charge in [-0.1, -0.05) is 39.7 Å². The SMILES string of the molecule is CCCCCOC(=O)c1cccc(NC(=O)CNCC(C)C)c1.Cl. The van der Waals surface area contributed by atoms with Gasteiger partial charge in [-0.2, -0.15) is 0 Å². The fourth-order valence-corrected chi connectivity index (χ4v) is 2.00. The van der Waals surface area contributed by atoms with Crippen molar-refractivity contribution < 1.29 is 14.3 Å². The average Bonchev–Trinajstić information content (AvgIpc) is 2.51. The molecule has 136 valence electrons. The number of carbonyl (C=O) groups is 2. The van der Waals surface area contributed by atoms with Crippen LogP contribution in [0.4, 0.5) is 5.69 Å². The maximum atomic E-state index is 11.9. The standard InChI is InChI=1S/C18H28N2O3.ClH/c1-4-5-6-10-23-18(22)15-8-7-9-16(11-15)20-17(21)13-19-12-14(2)3;/h7-9,11,14,19H,4-6,10,12-13H2,1-3H3,(H,20,21);1H. The summed E-state index contributed by atoms with van der Waals surface area (Å²) in [4.78, 5) is 23.8. The number of rotatable bonds is 10. The smallest absolute Gasteiger partial charge is 0.338 e. The number of hydrogen-bond donors (Lipinski definition) is 2. The topological polar surface area (TPSA) is 67.4 Å². The first-order valence-electron chi connectivity index (χ1n) is 8.30. The molecule has 1 rings (SSSR count). The molecule has 1 amide bonds. The third kappa shape index (κ3) is 9.53. The van der Waals surface area contributed by atoms with Crippen molar-refractivity contribution in [3.05, 3.63) is 29.8 Å². The second kappa shape index (κ2) is 12.8. The molecule has 0 saturated carbocycles. The van der Waals surface area contributed by atoms with Gasteiger partial charge in [-0.15, -0.1) is 12.4 Å². The van der Waals surface area contributed by atoms with Gasteiger partial charge in [-0.25, -0.2) is 4.79 Å². The van der Waals surface area contributed by atoms with E-state index in [1.165, 1.54) is 0 Å². The second-order valence-corrected chi connectivity index (χ2v) is 6.00. The van der Waals surface area contributed by atoms with E-state index in [9.17, 15) is 9.59 Å². The van der Waals surface area contributed by atoms with Crippen LogP contribution >= 0.6 is 12.4 Å². The summed E-state index contributed by atoms with van der Waals surface area (Å²) in [6, 6.07) is 6.82. The van der Waals surface area contributed by atoms with E-state index in [0.717, 1.165) is 25.8 Å². The lowest BCUT2D eigenvalue weighted by Gasteiger charge is -2.09. The Morgan fingerprint density at radius 1 is 1.21 bits per heavy atom. The lowest BCUT2D eigenvalue weighted by molar-refractivity contribution is -0.115. The Labute approximate surface area is 151 Å². The zero-order chi connectivity index (χ0) is 17.1.